The quantitative estimate of drug-likeness (QED) is 0.910. The fourth-order valence-corrected chi connectivity index (χ4v) is 1.71. The SMILES string of the molecule is CC(C)(C)CC(Cn1nnnc1C(F)(F)F)C(=O)O. The summed E-state index contributed by atoms with van der Waals surface area (Å²) in [6.45, 7) is 5.03. The summed E-state index contributed by atoms with van der Waals surface area (Å²) in [4.78, 5) is 11.1. The van der Waals surface area contributed by atoms with Gasteiger partial charge in [0.15, 0.2) is 0 Å². The van der Waals surface area contributed by atoms with Gasteiger partial charge < -0.3 is 5.11 Å². The molecule has 0 saturated carbocycles. The minimum atomic E-state index is -4.70. The lowest BCUT2D eigenvalue weighted by Crippen LogP contribution is -2.28. The molecule has 0 spiro atoms. The average molecular weight is 280 g/mol. The van der Waals surface area contributed by atoms with E-state index in [0.29, 0.717) is 4.68 Å². The van der Waals surface area contributed by atoms with Crippen LogP contribution in [0.15, 0.2) is 0 Å². The van der Waals surface area contributed by atoms with E-state index in [-0.39, 0.29) is 11.8 Å². The number of tetrazole rings is 1. The predicted octanol–water partition coefficient (Wildman–Crippen LogP) is 1.83. The number of hydrogen-bond donors (Lipinski definition) is 1. The van der Waals surface area contributed by atoms with Crippen LogP contribution in [0.2, 0.25) is 0 Å². The lowest BCUT2D eigenvalue weighted by Gasteiger charge is -2.23. The Kier molecular flexibility index (Phi) is 4.16. The number of aromatic nitrogens is 4. The van der Waals surface area contributed by atoms with Crippen molar-refractivity contribution in [2.45, 2.75) is 39.9 Å². The Labute approximate surface area is 107 Å². The predicted molar refractivity (Wildman–Crippen MR) is 58.0 cm³/mol. The van der Waals surface area contributed by atoms with Crippen molar-refractivity contribution in [2.75, 3.05) is 0 Å². The number of nitrogens with zero attached hydrogens (tertiary/aromatic N) is 4. The molecular formula is C10H15F3N4O2. The van der Waals surface area contributed by atoms with Gasteiger partial charge in [0.1, 0.15) is 0 Å². The van der Waals surface area contributed by atoms with Crippen molar-refractivity contribution < 1.29 is 23.1 Å². The zero-order chi connectivity index (χ0) is 14.8. The Morgan fingerprint density at radius 3 is 2.37 bits per heavy atom. The fourth-order valence-electron chi connectivity index (χ4n) is 1.71. The van der Waals surface area contributed by atoms with Crippen molar-refractivity contribution >= 4 is 5.97 Å². The zero-order valence-corrected chi connectivity index (χ0v) is 10.8. The van der Waals surface area contributed by atoms with Crippen molar-refractivity contribution in [3.05, 3.63) is 5.82 Å². The maximum atomic E-state index is 12.6. The standard InChI is InChI=1S/C10H15F3N4O2/c1-9(2,3)4-6(7(18)19)5-17-8(10(11,12)13)14-15-16-17/h6H,4-5H2,1-3H3,(H,18,19). The Bertz CT molecular complexity index is 450. The van der Waals surface area contributed by atoms with Gasteiger partial charge in [-0.3, -0.25) is 4.79 Å². The van der Waals surface area contributed by atoms with Crippen LogP contribution in [0.1, 0.15) is 33.0 Å². The number of halogens is 3. The first kappa shape index (κ1) is 15.4. The minimum Gasteiger partial charge on any atom is -0.481 e. The lowest BCUT2D eigenvalue weighted by atomic mass is 9.84. The van der Waals surface area contributed by atoms with E-state index in [1.54, 1.807) is 0 Å². The van der Waals surface area contributed by atoms with Crippen LogP contribution in [-0.2, 0) is 17.5 Å². The van der Waals surface area contributed by atoms with E-state index in [1.807, 2.05) is 20.8 Å². The molecule has 0 aromatic carbocycles. The molecule has 0 fully saturated rings. The van der Waals surface area contributed by atoms with Gasteiger partial charge in [0.25, 0.3) is 5.82 Å². The molecule has 1 aromatic rings. The highest BCUT2D eigenvalue weighted by Gasteiger charge is 2.39. The van der Waals surface area contributed by atoms with Crippen LogP contribution in [0.25, 0.3) is 0 Å². The molecule has 1 aromatic heterocycles. The second kappa shape index (κ2) is 5.14. The van der Waals surface area contributed by atoms with E-state index in [0.717, 1.165) is 0 Å². The summed E-state index contributed by atoms with van der Waals surface area (Å²) in [5.74, 6) is -3.43. The van der Waals surface area contributed by atoms with Crippen LogP contribution in [0.4, 0.5) is 13.2 Å². The zero-order valence-electron chi connectivity index (χ0n) is 10.8. The molecule has 0 saturated heterocycles. The number of carboxylic acid groups (broad SMARTS) is 1. The summed E-state index contributed by atoms with van der Waals surface area (Å²) in [7, 11) is 0. The van der Waals surface area contributed by atoms with Crippen LogP contribution in [0, 0.1) is 11.3 Å². The Hall–Kier alpha value is -1.67. The van der Waals surface area contributed by atoms with Crippen LogP contribution < -0.4 is 0 Å². The van der Waals surface area contributed by atoms with Gasteiger partial charge in [0.2, 0.25) is 0 Å². The van der Waals surface area contributed by atoms with Gasteiger partial charge in [0, 0.05) is 0 Å². The second-order valence-corrected chi connectivity index (χ2v) is 5.48. The molecule has 1 atom stereocenters. The molecule has 1 unspecified atom stereocenters. The van der Waals surface area contributed by atoms with Gasteiger partial charge in [-0.05, 0) is 22.3 Å². The molecule has 0 aliphatic rings. The third-order valence-electron chi connectivity index (χ3n) is 2.39. The number of aliphatic carboxylic acids is 1. The van der Waals surface area contributed by atoms with Gasteiger partial charge in [-0.15, -0.1) is 5.10 Å². The highest BCUT2D eigenvalue weighted by Crippen LogP contribution is 2.29. The first-order valence-electron chi connectivity index (χ1n) is 5.57. The molecule has 1 heterocycles. The van der Waals surface area contributed by atoms with Crippen molar-refractivity contribution in [1.29, 1.82) is 0 Å². The Balaban J connectivity index is 2.93. The van der Waals surface area contributed by atoms with Crippen molar-refractivity contribution in [3.63, 3.8) is 0 Å². The topological polar surface area (TPSA) is 80.9 Å². The number of carboxylic acids is 1. The van der Waals surface area contributed by atoms with Gasteiger partial charge in [-0.2, -0.15) is 13.2 Å². The average Bonchev–Trinajstić information content (AvgIpc) is 2.61. The third-order valence-corrected chi connectivity index (χ3v) is 2.39. The van der Waals surface area contributed by atoms with Crippen LogP contribution in [0.5, 0.6) is 0 Å². The third kappa shape index (κ3) is 4.49. The highest BCUT2D eigenvalue weighted by molar-refractivity contribution is 5.69. The summed E-state index contributed by atoms with van der Waals surface area (Å²) in [5, 5.41) is 18.1. The van der Waals surface area contributed by atoms with E-state index >= 15 is 0 Å². The van der Waals surface area contributed by atoms with Crippen molar-refractivity contribution in [1.82, 2.24) is 20.2 Å². The smallest absolute Gasteiger partial charge is 0.453 e. The highest BCUT2D eigenvalue weighted by atomic mass is 19.4. The normalized spacial score (nSPS) is 14.4. The summed E-state index contributed by atoms with van der Waals surface area (Å²) >= 11 is 0. The summed E-state index contributed by atoms with van der Waals surface area (Å²) < 4.78 is 38.2. The van der Waals surface area contributed by atoms with Crippen LogP contribution in [-0.4, -0.2) is 31.3 Å². The van der Waals surface area contributed by atoms with Crippen LogP contribution in [0.3, 0.4) is 0 Å². The van der Waals surface area contributed by atoms with Gasteiger partial charge in [-0.25, -0.2) is 4.68 Å². The summed E-state index contributed by atoms with van der Waals surface area (Å²) in [5.41, 5.74) is -0.324. The molecule has 0 radical (unpaired) electrons. The molecule has 6 nitrogen and oxygen atoms in total. The first-order valence-corrected chi connectivity index (χ1v) is 5.57. The number of rotatable bonds is 4. The van der Waals surface area contributed by atoms with E-state index in [9.17, 15) is 18.0 Å². The molecule has 19 heavy (non-hydrogen) atoms. The second-order valence-electron chi connectivity index (χ2n) is 5.48. The molecule has 1 rings (SSSR count). The number of alkyl halides is 3. The largest absolute Gasteiger partial charge is 0.481 e. The number of carbonyl (C=O) groups is 1. The lowest BCUT2D eigenvalue weighted by molar-refractivity contribution is -0.151. The maximum Gasteiger partial charge on any atom is 0.453 e. The van der Waals surface area contributed by atoms with Gasteiger partial charge in [0.05, 0.1) is 12.5 Å². The fraction of sp³-hybridized carbons (Fsp3) is 0.800. The Morgan fingerprint density at radius 1 is 1.37 bits per heavy atom. The van der Waals surface area contributed by atoms with E-state index in [1.165, 1.54) is 0 Å². The molecule has 0 aliphatic heterocycles. The van der Waals surface area contributed by atoms with E-state index in [2.05, 4.69) is 15.5 Å². The molecule has 0 bridgehead atoms. The van der Waals surface area contributed by atoms with Crippen LogP contribution >= 0.6 is 0 Å². The van der Waals surface area contributed by atoms with E-state index in [4.69, 9.17) is 5.11 Å². The Morgan fingerprint density at radius 2 is 1.95 bits per heavy atom. The number of hydrogen-bond acceptors (Lipinski definition) is 4. The summed E-state index contributed by atoms with van der Waals surface area (Å²) in [6.07, 6.45) is -4.48. The van der Waals surface area contributed by atoms with Gasteiger partial charge in [-0.1, -0.05) is 20.8 Å². The molecule has 9 heteroatoms. The monoisotopic (exact) mass is 280 g/mol. The first-order chi connectivity index (χ1) is 8.50. The van der Waals surface area contributed by atoms with Gasteiger partial charge >= 0.3 is 12.1 Å². The molecular weight excluding hydrogens is 265 g/mol. The van der Waals surface area contributed by atoms with Crippen molar-refractivity contribution in [3.8, 4) is 0 Å². The molecule has 1 N–H and O–H groups in total. The minimum absolute atomic E-state index is 0.222. The van der Waals surface area contributed by atoms with Crippen molar-refractivity contribution in [2.24, 2.45) is 11.3 Å². The molecule has 108 valence electrons. The maximum absolute atomic E-state index is 12.6. The molecule has 0 amide bonds. The molecule has 0 aliphatic carbocycles. The summed E-state index contributed by atoms with van der Waals surface area (Å²) in [6, 6.07) is 0. The van der Waals surface area contributed by atoms with E-state index < -0.39 is 30.4 Å².